The summed E-state index contributed by atoms with van der Waals surface area (Å²) >= 11 is 0. The molecule has 1 heterocycles. The molecule has 0 amide bonds. The average Bonchev–Trinajstić information content (AvgIpc) is 2.89. The first-order valence-corrected chi connectivity index (χ1v) is 11.2. The molecule has 0 aliphatic rings. The van der Waals surface area contributed by atoms with Crippen molar-refractivity contribution in [3.05, 3.63) is 90.5 Å². The third-order valence-electron chi connectivity index (χ3n) is 4.98. The molecule has 0 unspecified atom stereocenters. The van der Waals surface area contributed by atoms with Gasteiger partial charge in [0.05, 0.1) is 6.21 Å². The Kier molecular flexibility index (Phi) is 7.82. The van der Waals surface area contributed by atoms with Crippen molar-refractivity contribution in [2.45, 2.75) is 6.18 Å². The maximum Gasteiger partial charge on any atom is 0.422 e. The van der Waals surface area contributed by atoms with Crippen molar-refractivity contribution >= 4 is 35.2 Å². The lowest BCUT2D eigenvalue weighted by atomic mass is 10.2. The van der Waals surface area contributed by atoms with Gasteiger partial charge >= 0.3 is 12.2 Å². The summed E-state index contributed by atoms with van der Waals surface area (Å²) in [5, 5.41) is 4.14. The van der Waals surface area contributed by atoms with Gasteiger partial charge in [-0.3, -0.25) is 4.90 Å². The zero-order chi connectivity index (χ0) is 26.3. The van der Waals surface area contributed by atoms with E-state index in [4.69, 9.17) is 4.74 Å². The lowest BCUT2D eigenvalue weighted by Crippen LogP contribution is -2.21. The van der Waals surface area contributed by atoms with E-state index in [-0.39, 0.29) is 11.9 Å². The zero-order valence-electron chi connectivity index (χ0n) is 20.1. The lowest BCUT2D eigenvalue weighted by Gasteiger charge is -2.23. The standard InChI is InChI=1S/C26H24F3N7O/c1-35(2)20-15-13-19(14-16-20)17-30-34-23-31-24(33-25(32-23)37-18-26(27,28)29)36(21-9-5-3-6-10-21)22-11-7-4-8-12-22/h3-17H,18H2,1-2H3,(H,31,32,33,34)/b30-17+. The van der Waals surface area contributed by atoms with Crippen molar-refractivity contribution in [1.82, 2.24) is 15.0 Å². The molecule has 8 nitrogen and oxygen atoms in total. The molecule has 1 N–H and O–H groups in total. The molecule has 0 aliphatic heterocycles. The Balaban J connectivity index is 1.68. The SMILES string of the molecule is CN(C)c1ccc(/C=N/Nc2nc(OCC(F)(F)F)nc(N(c3ccccc3)c3ccccc3)n2)cc1. The molecule has 0 spiro atoms. The highest BCUT2D eigenvalue weighted by molar-refractivity contribution is 5.81. The van der Waals surface area contributed by atoms with Crippen LogP contribution in [0.15, 0.2) is 90.0 Å². The van der Waals surface area contributed by atoms with Crippen LogP contribution in [0.5, 0.6) is 6.01 Å². The Morgan fingerprint density at radius 1 is 0.811 bits per heavy atom. The summed E-state index contributed by atoms with van der Waals surface area (Å²) in [6.45, 7) is -1.55. The number of halogens is 3. The van der Waals surface area contributed by atoms with Gasteiger partial charge in [-0.2, -0.15) is 33.2 Å². The first-order valence-electron chi connectivity index (χ1n) is 11.2. The maximum absolute atomic E-state index is 12.9. The van der Waals surface area contributed by atoms with Gasteiger partial charge in [0.15, 0.2) is 6.61 Å². The van der Waals surface area contributed by atoms with Crippen molar-refractivity contribution in [3.63, 3.8) is 0 Å². The number of nitrogens with zero attached hydrogens (tertiary/aromatic N) is 6. The Morgan fingerprint density at radius 2 is 1.41 bits per heavy atom. The number of para-hydroxylation sites is 2. The van der Waals surface area contributed by atoms with Gasteiger partial charge < -0.3 is 9.64 Å². The van der Waals surface area contributed by atoms with Crippen LogP contribution in [0.25, 0.3) is 0 Å². The number of hydrogen-bond acceptors (Lipinski definition) is 8. The van der Waals surface area contributed by atoms with Gasteiger partial charge in [-0.25, -0.2) is 5.43 Å². The van der Waals surface area contributed by atoms with Crippen LogP contribution in [-0.2, 0) is 0 Å². The Morgan fingerprint density at radius 3 is 1.95 bits per heavy atom. The molecule has 0 saturated carbocycles. The van der Waals surface area contributed by atoms with Crippen LogP contribution in [0.4, 0.5) is 42.1 Å². The Hall–Kier alpha value is -4.67. The van der Waals surface area contributed by atoms with Crippen LogP contribution >= 0.6 is 0 Å². The van der Waals surface area contributed by atoms with E-state index in [0.29, 0.717) is 11.4 Å². The van der Waals surface area contributed by atoms with Crippen LogP contribution in [0.2, 0.25) is 0 Å². The lowest BCUT2D eigenvalue weighted by molar-refractivity contribution is -0.154. The first-order chi connectivity index (χ1) is 17.8. The molecule has 37 heavy (non-hydrogen) atoms. The van der Waals surface area contributed by atoms with Crippen molar-refractivity contribution in [3.8, 4) is 6.01 Å². The monoisotopic (exact) mass is 507 g/mol. The van der Waals surface area contributed by atoms with E-state index in [9.17, 15) is 13.2 Å². The number of hydrazone groups is 1. The van der Waals surface area contributed by atoms with Gasteiger partial charge in [0.2, 0.25) is 5.95 Å². The molecule has 4 rings (SSSR count). The Labute approximate surface area is 212 Å². The molecular formula is C26H24F3N7O. The van der Waals surface area contributed by atoms with Gasteiger partial charge in [0.1, 0.15) is 0 Å². The van der Waals surface area contributed by atoms with Crippen molar-refractivity contribution in [2.75, 3.05) is 35.9 Å². The molecule has 0 atom stereocenters. The number of benzene rings is 3. The summed E-state index contributed by atoms with van der Waals surface area (Å²) in [4.78, 5) is 16.2. The topological polar surface area (TPSA) is 78.8 Å². The fraction of sp³-hybridized carbons (Fsp3) is 0.154. The molecule has 4 aromatic rings. The number of ether oxygens (including phenoxy) is 1. The summed E-state index contributed by atoms with van der Waals surface area (Å²) in [7, 11) is 3.88. The molecule has 0 fully saturated rings. The first kappa shape index (κ1) is 25.4. The number of rotatable bonds is 9. The van der Waals surface area contributed by atoms with Crippen LogP contribution in [-0.4, -0.2) is 48.0 Å². The smallest absolute Gasteiger partial charge is 0.422 e. The molecule has 3 aromatic carbocycles. The van der Waals surface area contributed by atoms with Gasteiger partial charge in [0, 0.05) is 31.2 Å². The summed E-state index contributed by atoms with van der Waals surface area (Å²) < 4.78 is 43.4. The normalized spacial score (nSPS) is 11.4. The van der Waals surface area contributed by atoms with Gasteiger partial charge in [-0.05, 0) is 42.0 Å². The zero-order valence-corrected chi connectivity index (χ0v) is 20.1. The van der Waals surface area contributed by atoms with Crippen LogP contribution in [0.3, 0.4) is 0 Å². The molecule has 0 aliphatic carbocycles. The van der Waals surface area contributed by atoms with Gasteiger partial charge in [-0.15, -0.1) is 0 Å². The number of alkyl halides is 3. The van der Waals surface area contributed by atoms with E-state index in [1.54, 1.807) is 11.1 Å². The van der Waals surface area contributed by atoms with E-state index in [0.717, 1.165) is 11.3 Å². The molecule has 11 heteroatoms. The predicted molar refractivity (Wildman–Crippen MR) is 138 cm³/mol. The van der Waals surface area contributed by atoms with E-state index in [2.05, 4.69) is 25.5 Å². The maximum atomic E-state index is 12.9. The fourth-order valence-electron chi connectivity index (χ4n) is 3.26. The molecular weight excluding hydrogens is 483 g/mol. The molecule has 0 bridgehead atoms. The van der Waals surface area contributed by atoms with Crippen molar-refractivity contribution < 1.29 is 17.9 Å². The Bertz CT molecular complexity index is 1280. The largest absolute Gasteiger partial charge is 0.454 e. The summed E-state index contributed by atoms with van der Waals surface area (Å²) in [6.07, 6.45) is -3.01. The summed E-state index contributed by atoms with van der Waals surface area (Å²) in [5.41, 5.74) is 5.89. The second kappa shape index (κ2) is 11.4. The molecule has 1 aromatic heterocycles. The number of hydrogen-bond donors (Lipinski definition) is 1. The highest BCUT2D eigenvalue weighted by Crippen LogP contribution is 2.33. The van der Waals surface area contributed by atoms with Crippen LogP contribution in [0, 0.1) is 0 Å². The third-order valence-corrected chi connectivity index (χ3v) is 4.98. The van der Waals surface area contributed by atoms with E-state index >= 15 is 0 Å². The highest BCUT2D eigenvalue weighted by Gasteiger charge is 2.29. The number of anilines is 5. The molecule has 0 radical (unpaired) electrons. The van der Waals surface area contributed by atoms with Crippen molar-refractivity contribution in [2.24, 2.45) is 5.10 Å². The third kappa shape index (κ3) is 7.17. The van der Waals surface area contributed by atoms with E-state index in [1.807, 2.05) is 104 Å². The minimum atomic E-state index is -4.56. The highest BCUT2D eigenvalue weighted by atomic mass is 19.4. The quantitative estimate of drug-likeness (QED) is 0.227. The van der Waals surface area contributed by atoms with Crippen LogP contribution in [0.1, 0.15) is 5.56 Å². The number of aromatic nitrogens is 3. The second-order valence-corrected chi connectivity index (χ2v) is 8.01. The second-order valence-electron chi connectivity index (χ2n) is 8.01. The fourth-order valence-corrected chi connectivity index (χ4v) is 3.26. The molecule has 0 saturated heterocycles. The predicted octanol–water partition coefficient (Wildman–Crippen LogP) is 5.79. The molecule has 190 valence electrons. The van der Waals surface area contributed by atoms with Gasteiger partial charge in [-0.1, -0.05) is 48.5 Å². The van der Waals surface area contributed by atoms with E-state index in [1.165, 1.54) is 0 Å². The van der Waals surface area contributed by atoms with Crippen molar-refractivity contribution in [1.29, 1.82) is 0 Å². The number of nitrogens with one attached hydrogen (secondary N) is 1. The average molecular weight is 508 g/mol. The van der Waals surface area contributed by atoms with Gasteiger partial charge in [0.25, 0.3) is 5.95 Å². The minimum Gasteiger partial charge on any atom is -0.454 e. The van der Waals surface area contributed by atoms with Crippen LogP contribution < -0.4 is 20.0 Å². The summed E-state index contributed by atoms with van der Waals surface area (Å²) in [5.74, 6) is -0.0298. The summed E-state index contributed by atoms with van der Waals surface area (Å²) in [6, 6.07) is 25.5. The minimum absolute atomic E-state index is 0.0533. The van der Waals surface area contributed by atoms with E-state index < -0.39 is 18.8 Å².